The minimum atomic E-state index is -0.546. The topological polar surface area (TPSA) is 230 Å². The van der Waals surface area contributed by atoms with Gasteiger partial charge in [-0.2, -0.15) is 25.3 Å². The number of aliphatic hydroxyl groups is 1. The summed E-state index contributed by atoms with van der Waals surface area (Å²) in [5, 5.41) is 53.7. The molecule has 7 aliphatic rings. The number of hydrogen-bond acceptors (Lipinski definition) is 21. The molecule has 0 aliphatic carbocycles. The van der Waals surface area contributed by atoms with Crippen LogP contribution in [0.1, 0.15) is 340 Å². The Kier molecular flexibility index (Phi) is 33.8. The molecular formula is C93H158N6O15. The van der Waals surface area contributed by atoms with E-state index in [-0.39, 0.29) is 139 Å². The molecule has 10 rings (SSSR count). The normalized spacial score (nSPS) is 35.9. The average Bonchev–Trinajstić information content (AvgIpc) is 0.820. The van der Waals surface area contributed by atoms with E-state index < -0.39 is 5.79 Å². The zero-order chi connectivity index (χ0) is 86.0. The molecule has 4 N–H and O–H groups in total. The molecule has 7 saturated heterocycles. The highest BCUT2D eigenvalue weighted by atomic mass is 16.7. The lowest BCUT2D eigenvalue weighted by atomic mass is 9.69. The van der Waals surface area contributed by atoms with Crippen LogP contribution < -0.4 is 4.74 Å². The van der Waals surface area contributed by atoms with Gasteiger partial charge in [0.25, 0.3) is 0 Å². The number of rotatable bonds is 22. The molecule has 19 atom stereocenters. The summed E-state index contributed by atoms with van der Waals surface area (Å²) in [6.07, 6.45) is 11.0. The number of esters is 2. The van der Waals surface area contributed by atoms with Crippen LogP contribution in [0.5, 0.6) is 5.75 Å². The third-order valence-corrected chi connectivity index (χ3v) is 28.6. The summed E-state index contributed by atoms with van der Waals surface area (Å²) in [6.45, 7) is 67.7. The first-order valence-corrected chi connectivity index (χ1v) is 43.3. The SMILES string of the molecule is CC(ON1C(C)(C)CC2(CC1(C)C)OCC(C)(C)CO2)c1ccc(OCC2CO2)cc1.CCC1(C)C/C(=N/O)C(C)C(C)(CC)N1OC(C)c1ccccc1.CCC1(C)CC(O)C(C)C(C)(CC)N1O.CCC1(C)CC(OC(C)=O)C(C)C(C)(CC)N1O.CCC1(C)CC(OC(C)=O)C(C)C(C)(CC)N1OC(C)c1ccccc1. The number of carbonyl (C=O) groups is 2. The summed E-state index contributed by atoms with van der Waals surface area (Å²) in [5.74, 6) is 0.398. The quantitative estimate of drug-likeness (QED) is 0.0317. The van der Waals surface area contributed by atoms with Crippen molar-refractivity contribution in [3.63, 3.8) is 0 Å². The van der Waals surface area contributed by atoms with Gasteiger partial charge in [0, 0.05) is 125 Å². The standard InChI is InChI=1S/C25H39NO5.C22H35NO3.C20H32N2O2.C14H27NO3.C12H25NO2/c1-18(19-8-10-20(11-9-19)27-12-21-13-28-21)31-26-23(4,5)14-25(15-24(26,6)7)29-16-22(2,3)17-30-25;1-8-21(6)15-20(25-18(5)24)16(3)22(7,9-2)23(21)26-17(4)19-13-11-10-12-14-19;1-7-19(5)14-18(21-23)15(3)20(6,8-2)22(19)24-16(4)17-12-10-9-11-13-17;1-7-13(5)9-12(18-11(4)16)10(3)14(6,8-2)15(13)17;1-6-11(4)8-10(14)9(3)12(5,7-2)13(11)15/h8-11,18,21H,12-17H2,1-7H3;10-14,16-17,20H,8-9,15H2,1-7H3;9-13,15-16,23H,7-8,14H2,1-6H3;10,12,17H,7-9H2,1-6H3;9-10,14-15H,6-8H2,1-5H3/b;;21-18-;;. The second kappa shape index (κ2) is 39.2. The van der Waals surface area contributed by atoms with E-state index in [1.165, 1.54) is 35.1 Å². The Morgan fingerprint density at radius 1 is 0.491 bits per heavy atom. The first kappa shape index (κ1) is 98.1. The number of benzene rings is 3. The number of carbonyl (C=O) groups excluding carboxylic acids is 2. The highest BCUT2D eigenvalue weighted by Crippen LogP contribution is 2.53. The van der Waals surface area contributed by atoms with Crippen molar-refractivity contribution in [1.29, 1.82) is 0 Å². The van der Waals surface area contributed by atoms with Crippen molar-refractivity contribution in [3.8, 4) is 5.75 Å². The lowest BCUT2D eigenvalue weighted by Gasteiger charge is -2.59. The van der Waals surface area contributed by atoms with E-state index in [4.69, 9.17) is 42.9 Å². The maximum atomic E-state index is 11.6. The maximum absolute atomic E-state index is 11.6. The summed E-state index contributed by atoms with van der Waals surface area (Å²) >= 11 is 0. The number of aliphatic hydroxyl groups excluding tert-OH is 1. The van der Waals surface area contributed by atoms with Crippen molar-refractivity contribution in [3.05, 3.63) is 102 Å². The number of hydroxylamine groups is 10. The summed E-state index contributed by atoms with van der Waals surface area (Å²) in [6, 6.07) is 28.8. The molecule has 21 heteroatoms. The first-order chi connectivity index (χ1) is 52.9. The molecule has 650 valence electrons. The third kappa shape index (κ3) is 22.3. The fourth-order valence-electron chi connectivity index (χ4n) is 18.7. The zero-order valence-corrected chi connectivity index (χ0v) is 76.6. The smallest absolute Gasteiger partial charge is 0.302 e. The van der Waals surface area contributed by atoms with Crippen molar-refractivity contribution in [1.82, 2.24) is 25.3 Å². The molecule has 0 amide bonds. The number of ether oxygens (including phenoxy) is 6. The van der Waals surface area contributed by atoms with Crippen LogP contribution in [0.4, 0.5) is 0 Å². The predicted octanol–water partition coefficient (Wildman–Crippen LogP) is 20.8. The van der Waals surface area contributed by atoms with Crippen LogP contribution in [-0.4, -0.2) is 176 Å². The van der Waals surface area contributed by atoms with Gasteiger partial charge in [0.2, 0.25) is 0 Å². The van der Waals surface area contributed by atoms with Gasteiger partial charge >= 0.3 is 11.9 Å². The van der Waals surface area contributed by atoms with Gasteiger partial charge in [-0.25, -0.2) is 0 Å². The van der Waals surface area contributed by atoms with E-state index in [9.17, 15) is 30.3 Å². The molecule has 3 aromatic carbocycles. The summed E-state index contributed by atoms with van der Waals surface area (Å²) in [5.41, 5.74) is 1.77. The van der Waals surface area contributed by atoms with E-state index in [0.29, 0.717) is 19.4 Å². The largest absolute Gasteiger partial charge is 0.491 e. The molecule has 0 aromatic heterocycles. The minimum Gasteiger partial charge on any atom is -0.491 e. The minimum absolute atomic E-state index is 0.0252. The van der Waals surface area contributed by atoms with Crippen LogP contribution >= 0.6 is 0 Å². The Balaban J connectivity index is 0.000000227. The molecule has 21 nitrogen and oxygen atoms in total. The van der Waals surface area contributed by atoms with Crippen molar-refractivity contribution in [2.45, 2.75) is 408 Å². The highest BCUT2D eigenvalue weighted by molar-refractivity contribution is 5.89. The number of epoxide rings is 1. The van der Waals surface area contributed by atoms with Crippen LogP contribution in [0, 0.1) is 29.1 Å². The van der Waals surface area contributed by atoms with Gasteiger partial charge in [0.05, 0.1) is 37.2 Å². The Morgan fingerprint density at radius 2 is 0.860 bits per heavy atom. The summed E-state index contributed by atoms with van der Waals surface area (Å²) in [7, 11) is 0. The first-order valence-electron chi connectivity index (χ1n) is 43.3. The van der Waals surface area contributed by atoms with E-state index in [1.807, 2.05) is 83.1 Å². The van der Waals surface area contributed by atoms with Gasteiger partial charge in [-0.3, -0.25) is 24.1 Å². The molecule has 0 radical (unpaired) electrons. The number of hydrogen-bond donors (Lipinski definition) is 4. The zero-order valence-electron chi connectivity index (χ0n) is 76.6. The monoisotopic (exact) mass is 1600 g/mol. The molecule has 1 spiro atoms. The molecule has 19 unspecified atom stereocenters. The van der Waals surface area contributed by atoms with Crippen molar-refractivity contribution in [2.75, 3.05) is 26.4 Å². The van der Waals surface area contributed by atoms with Gasteiger partial charge < -0.3 is 49.1 Å². The van der Waals surface area contributed by atoms with Crippen molar-refractivity contribution < 1.29 is 73.3 Å². The van der Waals surface area contributed by atoms with E-state index >= 15 is 0 Å². The summed E-state index contributed by atoms with van der Waals surface area (Å²) in [4.78, 5) is 42.6. The van der Waals surface area contributed by atoms with Crippen LogP contribution in [0.15, 0.2) is 90.1 Å². The third-order valence-electron chi connectivity index (χ3n) is 28.6. The molecule has 7 fully saturated rings. The Labute approximate surface area is 689 Å². The second-order valence-corrected chi connectivity index (χ2v) is 38.6. The highest BCUT2D eigenvalue weighted by Gasteiger charge is 2.60. The molecule has 3 aromatic rings. The fourth-order valence-corrected chi connectivity index (χ4v) is 18.7. The predicted molar refractivity (Wildman–Crippen MR) is 453 cm³/mol. The van der Waals surface area contributed by atoms with Gasteiger partial charge in [0.15, 0.2) is 5.79 Å². The van der Waals surface area contributed by atoms with E-state index in [0.717, 1.165) is 114 Å². The van der Waals surface area contributed by atoms with Gasteiger partial charge in [-0.1, -0.05) is 175 Å². The Hall–Kier alpha value is -4.69. The van der Waals surface area contributed by atoms with Crippen LogP contribution in [-0.2, 0) is 47.8 Å². The average molecular weight is 1600 g/mol. The molecular weight excluding hydrogens is 1440 g/mol. The number of nitrogens with zero attached hydrogens (tertiary/aromatic N) is 6. The Morgan fingerprint density at radius 3 is 1.25 bits per heavy atom. The summed E-state index contributed by atoms with van der Waals surface area (Å²) < 4.78 is 34.9. The van der Waals surface area contributed by atoms with Gasteiger partial charge in [-0.15, -0.1) is 0 Å². The van der Waals surface area contributed by atoms with Gasteiger partial charge in [0.1, 0.15) is 49.0 Å². The lowest BCUT2D eigenvalue weighted by molar-refractivity contribution is -0.387. The molecule has 7 aliphatic heterocycles. The van der Waals surface area contributed by atoms with Crippen LogP contribution in [0.25, 0.3) is 0 Å². The molecule has 0 bridgehead atoms. The van der Waals surface area contributed by atoms with Crippen LogP contribution in [0.3, 0.4) is 0 Å². The second-order valence-electron chi connectivity index (χ2n) is 38.6. The van der Waals surface area contributed by atoms with E-state index in [2.05, 4.69) is 223 Å². The van der Waals surface area contributed by atoms with Crippen molar-refractivity contribution in [2.24, 2.45) is 34.2 Å². The Bertz CT molecular complexity index is 3480. The molecule has 0 saturated carbocycles. The molecule has 7 heterocycles. The lowest BCUT2D eigenvalue weighted by Crippen LogP contribution is -2.68. The van der Waals surface area contributed by atoms with Crippen molar-refractivity contribution >= 4 is 17.7 Å². The fraction of sp³-hybridized carbons (Fsp3) is 0.774. The van der Waals surface area contributed by atoms with Gasteiger partial charge in [-0.05, 0) is 190 Å². The maximum Gasteiger partial charge on any atom is 0.302 e. The molecule has 114 heavy (non-hydrogen) atoms. The van der Waals surface area contributed by atoms with E-state index in [1.54, 1.807) is 0 Å². The number of piperidine rings is 5. The number of oxime groups is 1. The van der Waals surface area contributed by atoms with Crippen LogP contribution in [0.2, 0.25) is 0 Å².